The molecule has 3 heterocycles. The van der Waals surface area contributed by atoms with Crippen LogP contribution in [0.2, 0.25) is 0 Å². The molecule has 1 amide bonds. The minimum atomic E-state index is 0.108. The third-order valence-corrected chi connectivity index (χ3v) is 5.27. The number of carbonyl (C=O) groups is 1. The zero-order chi connectivity index (χ0) is 16.9. The Morgan fingerprint density at radius 1 is 1.29 bits per heavy atom. The first-order valence-electron chi connectivity index (χ1n) is 9.34. The van der Waals surface area contributed by atoms with Crippen molar-refractivity contribution in [3.63, 3.8) is 0 Å². The first-order valence-corrected chi connectivity index (χ1v) is 9.34. The summed E-state index contributed by atoms with van der Waals surface area (Å²) in [5.74, 6) is 0.108. The number of morpholine rings is 1. The summed E-state index contributed by atoms with van der Waals surface area (Å²) in [6, 6.07) is 2.28. The van der Waals surface area contributed by atoms with Gasteiger partial charge in [-0.2, -0.15) is 5.10 Å². The fraction of sp³-hybridized carbons (Fsp3) is 0.778. The van der Waals surface area contributed by atoms with E-state index in [1.165, 1.54) is 6.42 Å². The monoisotopic (exact) mass is 334 g/mol. The molecule has 2 aliphatic rings. The normalized spacial score (nSPS) is 22.8. The molecule has 134 valence electrons. The van der Waals surface area contributed by atoms with Gasteiger partial charge < -0.3 is 9.64 Å². The first kappa shape index (κ1) is 17.4. The number of nitrogens with zero attached hydrogens (tertiary/aromatic N) is 4. The largest absolute Gasteiger partial charge is 0.379 e. The number of hydrogen-bond donors (Lipinski definition) is 0. The Bertz CT molecular complexity index is 551. The average molecular weight is 334 g/mol. The second-order valence-electron chi connectivity index (χ2n) is 6.88. The van der Waals surface area contributed by atoms with Crippen LogP contribution in [0.5, 0.6) is 0 Å². The molecule has 0 aromatic carbocycles. The zero-order valence-electron chi connectivity index (χ0n) is 15.0. The van der Waals surface area contributed by atoms with Gasteiger partial charge in [-0.3, -0.25) is 14.4 Å². The zero-order valence-corrected chi connectivity index (χ0v) is 15.0. The molecule has 1 aromatic heterocycles. The number of aromatic nitrogens is 2. The Hall–Kier alpha value is -1.40. The first-order chi connectivity index (χ1) is 11.7. The lowest BCUT2D eigenvalue weighted by Gasteiger charge is -2.37. The maximum atomic E-state index is 13.0. The SMILES string of the molecule is CCn1nc(C(=O)N2CCCC[C@H]2CCN2CCOCC2)cc1C. The van der Waals surface area contributed by atoms with E-state index >= 15 is 0 Å². The predicted octanol–water partition coefficient (Wildman–Crippen LogP) is 1.93. The summed E-state index contributed by atoms with van der Waals surface area (Å²) >= 11 is 0. The van der Waals surface area contributed by atoms with E-state index in [1.807, 2.05) is 17.7 Å². The Morgan fingerprint density at radius 3 is 2.79 bits per heavy atom. The highest BCUT2D eigenvalue weighted by Crippen LogP contribution is 2.22. The van der Waals surface area contributed by atoms with E-state index in [4.69, 9.17) is 4.74 Å². The molecular formula is C18H30N4O2. The van der Waals surface area contributed by atoms with Crippen molar-refractivity contribution < 1.29 is 9.53 Å². The molecule has 2 fully saturated rings. The number of likely N-dealkylation sites (tertiary alicyclic amines) is 1. The van der Waals surface area contributed by atoms with Gasteiger partial charge in [0.1, 0.15) is 0 Å². The Morgan fingerprint density at radius 2 is 2.08 bits per heavy atom. The van der Waals surface area contributed by atoms with E-state index in [2.05, 4.69) is 21.8 Å². The molecule has 24 heavy (non-hydrogen) atoms. The second-order valence-corrected chi connectivity index (χ2v) is 6.88. The molecule has 0 bridgehead atoms. The quantitative estimate of drug-likeness (QED) is 0.826. The fourth-order valence-electron chi connectivity index (χ4n) is 3.81. The standard InChI is InChI=1S/C18H30N4O2/c1-3-22-15(2)14-17(19-22)18(23)21-8-5-4-6-16(21)7-9-20-10-12-24-13-11-20/h14,16H,3-13H2,1-2H3/t16-/m0/s1. The summed E-state index contributed by atoms with van der Waals surface area (Å²) in [7, 11) is 0. The van der Waals surface area contributed by atoms with Gasteiger partial charge in [0.15, 0.2) is 5.69 Å². The minimum Gasteiger partial charge on any atom is -0.379 e. The van der Waals surface area contributed by atoms with Crippen molar-refractivity contribution >= 4 is 5.91 Å². The van der Waals surface area contributed by atoms with Crippen molar-refractivity contribution in [2.45, 2.75) is 52.1 Å². The molecule has 0 unspecified atom stereocenters. The Labute approximate surface area is 144 Å². The third-order valence-electron chi connectivity index (χ3n) is 5.27. The number of amides is 1. The number of hydrogen-bond acceptors (Lipinski definition) is 4. The molecule has 6 heteroatoms. The van der Waals surface area contributed by atoms with Crippen LogP contribution in [-0.4, -0.2) is 70.9 Å². The highest BCUT2D eigenvalue weighted by atomic mass is 16.5. The highest BCUT2D eigenvalue weighted by Gasteiger charge is 2.29. The summed E-state index contributed by atoms with van der Waals surface area (Å²) in [6.07, 6.45) is 4.50. The molecule has 0 saturated carbocycles. The Balaban J connectivity index is 1.63. The maximum Gasteiger partial charge on any atom is 0.274 e. The minimum absolute atomic E-state index is 0.108. The van der Waals surface area contributed by atoms with Gasteiger partial charge in [-0.05, 0) is 45.6 Å². The number of aryl methyl sites for hydroxylation is 2. The van der Waals surface area contributed by atoms with E-state index in [0.717, 1.165) is 70.9 Å². The molecule has 2 aliphatic heterocycles. The number of rotatable bonds is 5. The van der Waals surface area contributed by atoms with Gasteiger partial charge in [0.05, 0.1) is 13.2 Å². The molecule has 0 N–H and O–H groups in total. The van der Waals surface area contributed by atoms with E-state index in [0.29, 0.717) is 11.7 Å². The van der Waals surface area contributed by atoms with Crippen molar-refractivity contribution in [3.8, 4) is 0 Å². The van der Waals surface area contributed by atoms with Crippen LogP contribution in [0.1, 0.15) is 48.8 Å². The van der Waals surface area contributed by atoms with Crippen LogP contribution >= 0.6 is 0 Å². The molecule has 2 saturated heterocycles. The number of carbonyl (C=O) groups excluding carboxylic acids is 1. The van der Waals surface area contributed by atoms with Gasteiger partial charge in [-0.1, -0.05) is 0 Å². The summed E-state index contributed by atoms with van der Waals surface area (Å²) in [5, 5.41) is 4.49. The number of piperidine rings is 1. The third kappa shape index (κ3) is 3.98. The average Bonchev–Trinajstić information content (AvgIpc) is 3.01. The second kappa shape index (κ2) is 8.12. The summed E-state index contributed by atoms with van der Waals surface area (Å²) < 4.78 is 7.32. The topological polar surface area (TPSA) is 50.6 Å². The van der Waals surface area contributed by atoms with Gasteiger partial charge in [-0.25, -0.2) is 0 Å². The van der Waals surface area contributed by atoms with Gasteiger partial charge in [0.25, 0.3) is 5.91 Å². The molecule has 0 aliphatic carbocycles. The van der Waals surface area contributed by atoms with Crippen LogP contribution in [0.25, 0.3) is 0 Å². The molecule has 1 aromatic rings. The van der Waals surface area contributed by atoms with E-state index in [9.17, 15) is 4.79 Å². The van der Waals surface area contributed by atoms with E-state index < -0.39 is 0 Å². The summed E-state index contributed by atoms with van der Waals surface area (Å²) in [4.78, 5) is 17.5. The van der Waals surface area contributed by atoms with Crippen LogP contribution in [0.15, 0.2) is 6.07 Å². The molecule has 0 spiro atoms. The fourth-order valence-corrected chi connectivity index (χ4v) is 3.81. The van der Waals surface area contributed by atoms with Crippen molar-refractivity contribution in [1.29, 1.82) is 0 Å². The van der Waals surface area contributed by atoms with E-state index in [1.54, 1.807) is 0 Å². The highest BCUT2D eigenvalue weighted by molar-refractivity contribution is 5.92. The van der Waals surface area contributed by atoms with Crippen LogP contribution in [0, 0.1) is 6.92 Å². The van der Waals surface area contributed by atoms with Crippen molar-refractivity contribution in [2.75, 3.05) is 39.4 Å². The van der Waals surface area contributed by atoms with Crippen molar-refractivity contribution in [2.24, 2.45) is 0 Å². The van der Waals surface area contributed by atoms with Gasteiger partial charge in [0.2, 0.25) is 0 Å². The van der Waals surface area contributed by atoms with Gasteiger partial charge in [0, 0.05) is 44.5 Å². The lowest BCUT2D eigenvalue weighted by atomic mass is 9.98. The lowest BCUT2D eigenvalue weighted by molar-refractivity contribution is 0.0294. The van der Waals surface area contributed by atoms with Crippen LogP contribution < -0.4 is 0 Å². The Kier molecular flexibility index (Phi) is 5.89. The van der Waals surface area contributed by atoms with Gasteiger partial charge in [-0.15, -0.1) is 0 Å². The smallest absolute Gasteiger partial charge is 0.274 e. The number of ether oxygens (including phenoxy) is 1. The molecule has 6 nitrogen and oxygen atoms in total. The maximum absolute atomic E-state index is 13.0. The van der Waals surface area contributed by atoms with Crippen LogP contribution in [0.4, 0.5) is 0 Å². The molecular weight excluding hydrogens is 304 g/mol. The molecule has 1 atom stereocenters. The summed E-state index contributed by atoms with van der Waals surface area (Å²) in [5.41, 5.74) is 1.66. The predicted molar refractivity (Wildman–Crippen MR) is 93.2 cm³/mol. The van der Waals surface area contributed by atoms with Crippen molar-refractivity contribution in [3.05, 3.63) is 17.5 Å². The van der Waals surface area contributed by atoms with Gasteiger partial charge >= 0.3 is 0 Å². The lowest BCUT2D eigenvalue weighted by Crippen LogP contribution is -2.46. The van der Waals surface area contributed by atoms with Crippen LogP contribution in [0.3, 0.4) is 0 Å². The molecule has 3 rings (SSSR count). The molecule has 0 radical (unpaired) electrons. The van der Waals surface area contributed by atoms with Crippen LogP contribution in [-0.2, 0) is 11.3 Å². The van der Waals surface area contributed by atoms with E-state index in [-0.39, 0.29) is 5.91 Å². The van der Waals surface area contributed by atoms with Crippen molar-refractivity contribution in [1.82, 2.24) is 19.6 Å². The summed E-state index contributed by atoms with van der Waals surface area (Å²) in [6.45, 7) is 10.5.